The second-order valence-electron chi connectivity index (χ2n) is 5.06. The Bertz CT molecular complexity index is 464. The van der Waals surface area contributed by atoms with E-state index in [9.17, 15) is 13.2 Å². The number of carbonyl (C=O) groups excluding carboxylic acids is 1. The summed E-state index contributed by atoms with van der Waals surface area (Å²) in [6, 6.07) is 0. The molecule has 0 aromatic carbocycles. The molecule has 0 aliphatic heterocycles. The van der Waals surface area contributed by atoms with Gasteiger partial charge in [-0.25, -0.2) is 0 Å². The number of ketones is 1. The Kier molecular flexibility index (Phi) is 2.07. The van der Waals surface area contributed by atoms with Gasteiger partial charge in [0.15, 0.2) is 0 Å². The van der Waals surface area contributed by atoms with Gasteiger partial charge in [0, 0.05) is 12.3 Å². The summed E-state index contributed by atoms with van der Waals surface area (Å²) >= 11 is 0. The predicted octanol–water partition coefficient (Wildman–Crippen LogP) is 0.742. The molecule has 0 spiro atoms. The summed E-state index contributed by atoms with van der Waals surface area (Å²) in [5.41, 5.74) is 0. The van der Waals surface area contributed by atoms with Gasteiger partial charge in [0.25, 0.3) is 10.1 Å². The molecule has 2 fully saturated rings. The Morgan fingerprint density at radius 2 is 2.00 bits per heavy atom. The molecule has 0 bridgehead atoms. The topological polar surface area (TPSA) is 60.4 Å². The first kappa shape index (κ1) is 10.5. The molecule has 0 N–H and O–H groups in total. The van der Waals surface area contributed by atoms with Crippen LogP contribution < -0.4 is 0 Å². The summed E-state index contributed by atoms with van der Waals surface area (Å²) < 4.78 is 27.3. The van der Waals surface area contributed by atoms with Gasteiger partial charge in [0.05, 0.1) is 12.4 Å². The molecule has 16 heavy (non-hydrogen) atoms. The van der Waals surface area contributed by atoms with E-state index in [1.807, 2.05) is 0 Å². The number of hydrogen-bond acceptors (Lipinski definition) is 4. The van der Waals surface area contributed by atoms with E-state index in [0.29, 0.717) is 30.6 Å². The quantitative estimate of drug-likeness (QED) is 0.529. The van der Waals surface area contributed by atoms with Gasteiger partial charge in [-0.2, -0.15) is 8.42 Å². The first-order chi connectivity index (χ1) is 7.46. The van der Waals surface area contributed by atoms with Crippen LogP contribution in [0.2, 0.25) is 0 Å². The Hall–Kier alpha value is -0.680. The predicted molar refractivity (Wildman–Crippen MR) is 57.1 cm³/mol. The number of allylic oxidation sites excluding steroid dienone is 2. The summed E-state index contributed by atoms with van der Waals surface area (Å²) in [4.78, 5) is 11.8. The molecule has 3 aliphatic carbocycles. The third kappa shape index (κ3) is 1.45. The normalized spacial score (nSPS) is 45.3. The van der Waals surface area contributed by atoms with Crippen molar-refractivity contribution in [1.82, 2.24) is 0 Å². The molecular weight excluding hydrogens is 228 g/mol. The monoisotopic (exact) mass is 242 g/mol. The largest absolute Gasteiger partial charge is 0.299 e. The second kappa shape index (κ2) is 3.17. The van der Waals surface area contributed by atoms with Crippen LogP contribution in [0.3, 0.4) is 0 Å². The minimum absolute atomic E-state index is 0.176. The van der Waals surface area contributed by atoms with E-state index in [4.69, 9.17) is 4.18 Å². The molecule has 3 rings (SSSR count). The van der Waals surface area contributed by atoms with Crippen LogP contribution in [0.5, 0.6) is 0 Å². The minimum Gasteiger partial charge on any atom is -0.299 e. The van der Waals surface area contributed by atoms with Gasteiger partial charge in [-0.1, -0.05) is 12.2 Å². The number of carbonyl (C=O) groups is 1. The van der Waals surface area contributed by atoms with Gasteiger partial charge < -0.3 is 0 Å². The minimum atomic E-state index is -3.46. The van der Waals surface area contributed by atoms with Gasteiger partial charge >= 0.3 is 0 Å². The summed E-state index contributed by atoms with van der Waals surface area (Å²) in [5, 5.41) is 0. The number of hydrogen-bond donors (Lipinski definition) is 0. The number of Topliss-reactive ketones (excluding diaryl/α,β-unsaturated/α-hetero) is 1. The lowest BCUT2D eigenvalue weighted by Crippen LogP contribution is -2.27. The highest BCUT2D eigenvalue weighted by Gasteiger charge is 2.56. The highest BCUT2D eigenvalue weighted by molar-refractivity contribution is 7.86. The molecule has 4 nitrogen and oxygen atoms in total. The molecule has 3 aliphatic rings. The standard InChI is InChI=1S/C11H14O4S/c1-16(13,14)15-9-5-7-3-2-6-4-8(12)11(9)10(6)7/h2-3,6-7,9-11H,4-5H2,1H3/t6-,7+,9+,10-,11+/m0/s1. The van der Waals surface area contributed by atoms with Gasteiger partial charge in [-0.15, -0.1) is 0 Å². The SMILES string of the molecule is CS(=O)(=O)O[C@@H]1C[C@H]2C=C[C@H]3CC(=O)[C@H]1[C@H]23. The van der Waals surface area contributed by atoms with Gasteiger partial charge in [-0.3, -0.25) is 8.98 Å². The zero-order chi connectivity index (χ0) is 11.5. The van der Waals surface area contributed by atoms with Crippen LogP contribution in [0.25, 0.3) is 0 Å². The van der Waals surface area contributed by atoms with E-state index in [1.54, 1.807) is 0 Å². The van der Waals surface area contributed by atoms with Crippen LogP contribution in [0, 0.1) is 23.7 Å². The maximum absolute atomic E-state index is 11.8. The molecule has 0 heterocycles. The van der Waals surface area contributed by atoms with Crippen molar-refractivity contribution in [3.63, 3.8) is 0 Å². The summed E-state index contributed by atoms with van der Waals surface area (Å²) in [5.74, 6) is 0.957. The molecule has 2 saturated carbocycles. The molecule has 88 valence electrons. The van der Waals surface area contributed by atoms with E-state index >= 15 is 0 Å². The second-order valence-corrected chi connectivity index (χ2v) is 6.66. The summed E-state index contributed by atoms with van der Waals surface area (Å²) in [7, 11) is -3.46. The lowest BCUT2D eigenvalue weighted by molar-refractivity contribution is -0.122. The van der Waals surface area contributed by atoms with Crippen molar-refractivity contribution >= 4 is 15.9 Å². The Balaban J connectivity index is 1.89. The zero-order valence-electron chi connectivity index (χ0n) is 9.00. The Morgan fingerprint density at radius 3 is 2.69 bits per heavy atom. The van der Waals surface area contributed by atoms with Crippen molar-refractivity contribution in [2.45, 2.75) is 18.9 Å². The molecule has 5 atom stereocenters. The van der Waals surface area contributed by atoms with Crippen molar-refractivity contribution in [2.24, 2.45) is 23.7 Å². The van der Waals surface area contributed by atoms with Gasteiger partial charge in [0.1, 0.15) is 5.78 Å². The van der Waals surface area contributed by atoms with Crippen LogP contribution in [-0.2, 0) is 19.1 Å². The first-order valence-electron chi connectivity index (χ1n) is 5.55. The third-order valence-corrected chi connectivity index (χ3v) is 4.62. The van der Waals surface area contributed by atoms with Crippen molar-refractivity contribution in [3.8, 4) is 0 Å². The molecule has 0 amide bonds. The zero-order valence-corrected chi connectivity index (χ0v) is 9.81. The molecule has 0 aromatic rings. The van der Waals surface area contributed by atoms with E-state index in [-0.39, 0.29) is 11.7 Å². The fourth-order valence-corrected chi connectivity index (χ4v) is 4.26. The van der Waals surface area contributed by atoms with Crippen LogP contribution in [0.15, 0.2) is 12.2 Å². The fourth-order valence-electron chi connectivity index (χ4n) is 3.61. The fraction of sp³-hybridized carbons (Fsp3) is 0.727. The lowest BCUT2D eigenvalue weighted by Gasteiger charge is -2.16. The molecule has 0 saturated heterocycles. The highest BCUT2D eigenvalue weighted by Crippen LogP contribution is 2.54. The van der Waals surface area contributed by atoms with Crippen molar-refractivity contribution in [2.75, 3.05) is 6.26 Å². The molecule has 0 aromatic heterocycles. The van der Waals surface area contributed by atoms with Gasteiger partial charge in [-0.05, 0) is 24.2 Å². The Labute approximate surface area is 94.8 Å². The Morgan fingerprint density at radius 1 is 1.31 bits per heavy atom. The van der Waals surface area contributed by atoms with E-state index in [2.05, 4.69) is 12.2 Å². The van der Waals surface area contributed by atoms with Crippen LogP contribution >= 0.6 is 0 Å². The average Bonchev–Trinajstić information content (AvgIpc) is 2.70. The smallest absolute Gasteiger partial charge is 0.264 e. The maximum Gasteiger partial charge on any atom is 0.264 e. The first-order valence-corrected chi connectivity index (χ1v) is 7.36. The maximum atomic E-state index is 11.8. The number of rotatable bonds is 2. The highest BCUT2D eigenvalue weighted by atomic mass is 32.2. The third-order valence-electron chi connectivity index (χ3n) is 4.02. The van der Waals surface area contributed by atoms with Crippen molar-refractivity contribution < 1.29 is 17.4 Å². The molecule has 0 unspecified atom stereocenters. The lowest BCUT2D eigenvalue weighted by atomic mass is 9.91. The molecule has 0 radical (unpaired) electrons. The van der Waals surface area contributed by atoms with Gasteiger partial charge in [0.2, 0.25) is 0 Å². The van der Waals surface area contributed by atoms with Crippen LogP contribution in [0.1, 0.15) is 12.8 Å². The summed E-state index contributed by atoms with van der Waals surface area (Å²) in [6.45, 7) is 0. The molecular formula is C11H14O4S. The van der Waals surface area contributed by atoms with E-state index < -0.39 is 16.2 Å². The van der Waals surface area contributed by atoms with Crippen molar-refractivity contribution in [3.05, 3.63) is 12.2 Å². The average molecular weight is 242 g/mol. The summed E-state index contributed by atoms with van der Waals surface area (Å²) in [6.07, 6.45) is 6.10. The van der Waals surface area contributed by atoms with E-state index in [0.717, 1.165) is 6.26 Å². The van der Waals surface area contributed by atoms with Crippen molar-refractivity contribution in [1.29, 1.82) is 0 Å². The van der Waals surface area contributed by atoms with Crippen LogP contribution in [-0.4, -0.2) is 26.6 Å². The van der Waals surface area contributed by atoms with E-state index in [1.165, 1.54) is 0 Å². The molecule has 5 heteroatoms. The van der Waals surface area contributed by atoms with Crippen LogP contribution in [0.4, 0.5) is 0 Å².